The molecule has 0 aromatic carbocycles. The summed E-state index contributed by atoms with van der Waals surface area (Å²) >= 11 is 0. The van der Waals surface area contributed by atoms with Crippen molar-refractivity contribution in [2.24, 2.45) is 0 Å². The molecule has 5 heteroatoms. The molecule has 1 aromatic heterocycles. The number of anilines is 1. The fourth-order valence-corrected chi connectivity index (χ4v) is 1.43. The summed E-state index contributed by atoms with van der Waals surface area (Å²) in [5.74, 6) is 0.712. The van der Waals surface area contributed by atoms with Crippen LogP contribution in [0.4, 0.5) is 5.88 Å². The Morgan fingerprint density at radius 2 is 2.75 bits per heavy atom. The van der Waals surface area contributed by atoms with Crippen LogP contribution < -0.4 is 15.7 Å². The zero-order valence-electron chi connectivity index (χ0n) is 6.84. The lowest BCUT2D eigenvalue weighted by molar-refractivity contribution is -0.471. The predicted molar refractivity (Wildman–Crippen MR) is 42.6 cm³/mol. The second-order valence-corrected chi connectivity index (χ2v) is 3.01. The first-order chi connectivity index (χ1) is 5.95. The Bertz CT molecular complexity index is 217. The van der Waals surface area contributed by atoms with Crippen LogP contribution in [0.5, 0.6) is 0 Å². The Balaban J connectivity index is 1.86. The van der Waals surface area contributed by atoms with Crippen molar-refractivity contribution in [3.63, 3.8) is 0 Å². The minimum atomic E-state index is 0.472. The molecule has 0 spiro atoms. The average Bonchev–Trinajstić information content (AvgIpc) is 2.59. The van der Waals surface area contributed by atoms with Gasteiger partial charge in [-0.25, -0.2) is 0 Å². The van der Waals surface area contributed by atoms with Crippen molar-refractivity contribution in [3.8, 4) is 0 Å². The lowest BCUT2D eigenvalue weighted by Crippen LogP contribution is -2.38. The van der Waals surface area contributed by atoms with Gasteiger partial charge in [0.25, 0.3) is 12.1 Å². The van der Waals surface area contributed by atoms with Crippen LogP contribution in [0.2, 0.25) is 0 Å². The van der Waals surface area contributed by atoms with Gasteiger partial charge in [-0.1, -0.05) is 5.10 Å². The Hall–Kier alpha value is -1.10. The third-order valence-electron chi connectivity index (χ3n) is 2.04. The molecule has 1 atom stereocenters. The molecule has 0 amide bonds. The van der Waals surface area contributed by atoms with Crippen molar-refractivity contribution in [2.45, 2.75) is 18.9 Å². The van der Waals surface area contributed by atoms with E-state index in [4.69, 9.17) is 4.52 Å². The molecule has 0 radical (unpaired) electrons. The van der Waals surface area contributed by atoms with E-state index in [-0.39, 0.29) is 0 Å². The lowest BCUT2D eigenvalue weighted by atomic mass is 10.1. The number of aromatic nitrogens is 2. The number of piperidine rings is 1. The highest BCUT2D eigenvalue weighted by molar-refractivity contribution is 5.25. The third kappa shape index (κ3) is 1.73. The second-order valence-electron chi connectivity index (χ2n) is 3.01. The first-order valence-electron chi connectivity index (χ1n) is 4.25. The van der Waals surface area contributed by atoms with E-state index in [0.29, 0.717) is 11.9 Å². The van der Waals surface area contributed by atoms with Crippen LogP contribution in [0.25, 0.3) is 0 Å². The number of aromatic amines is 1. The monoisotopic (exact) mass is 169 g/mol. The van der Waals surface area contributed by atoms with E-state index < -0.39 is 0 Å². The van der Waals surface area contributed by atoms with E-state index in [1.807, 2.05) is 0 Å². The van der Waals surface area contributed by atoms with Gasteiger partial charge in [0.15, 0.2) is 5.27 Å². The van der Waals surface area contributed by atoms with Crippen molar-refractivity contribution in [3.05, 3.63) is 6.20 Å². The first-order valence-corrected chi connectivity index (χ1v) is 4.25. The standard InChI is InChI=1S/C7H12N4O/c1-2-6(4-8-3-1)10-7-5-9-11-12-7/h5-6,8,10H,1-4H2/p+1. The van der Waals surface area contributed by atoms with Crippen molar-refractivity contribution in [2.75, 3.05) is 18.4 Å². The van der Waals surface area contributed by atoms with E-state index in [9.17, 15) is 0 Å². The average molecular weight is 169 g/mol. The quantitative estimate of drug-likeness (QED) is 0.635. The van der Waals surface area contributed by atoms with Gasteiger partial charge in [-0.05, 0) is 19.4 Å². The fourth-order valence-electron chi connectivity index (χ4n) is 1.43. The second kappa shape index (κ2) is 3.53. The number of nitrogens with zero attached hydrogens (tertiary/aromatic N) is 1. The van der Waals surface area contributed by atoms with E-state index >= 15 is 0 Å². The largest absolute Gasteiger partial charge is 0.345 e. The number of rotatable bonds is 2. The first kappa shape index (κ1) is 7.54. The normalized spacial score (nSPS) is 23.8. The van der Waals surface area contributed by atoms with Crippen molar-refractivity contribution >= 4 is 5.88 Å². The molecule has 1 aliphatic rings. The summed E-state index contributed by atoms with van der Waals surface area (Å²) in [6.45, 7) is 2.13. The number of nitrogens with one attached hydrogen (secondary N) is 3. The van der Waals surface area contributed by atoms with Crippen LogP contribution in [-0.2, 0) is 0 Å². The Morgan fingerprint density at radius 3 is 3.42 bits per heavy atom. The summed E-state index contributed by atoms with van der Waals surface area (Å²) in [5, 5.41) is 12.7. The topological polar surface area (TPSA) is 64.2 Å². The maximum absolute atomic E-state index is 4.89. The molecule has 12 heavy (non-hydrogen) atoms. The molecule has 1 fully saturated rings. The summed E-state index contributed by atoms with van der Waals surface area (Å²) in [4.78, 5) is 0. The summed E-state index contributed by atoms with van der Waals surface area (Å²) in [6, 6.07) is 0.472. The highest BCUT2D eigenvalue weighted by atomic mass is 16.5. The molecular weight excluding hydrogens is 156 g/mol. The van der Waals surface area contributed by atoms with Gasteiger partial charge in [0.1, 0.15) is 0 Å². The molecule has 1 unspecified atom stereocenters. The molecule has 0 saturated carbocycles. The maximum atomic E-state index is 4.89. The van der Waals surface area contributed by atoms with E-state index in [2.05, 4.69) is 21.0 Å². The van der Waals surface area contributed by atoms with Gasteiger partial charge < -0.3 is 10.6 Å². The minimum absolute atomic E-state index is 0.472. The molecule has 1 saturated heterocycles. The summed E-state index contributed by atoms with van der Waals surface area (Å²) in [6.07, 6.45) is 4.12. The molecular formula is C7H13N4O+. The summed E-state index contributed by atoms with van der Waals surface area (Å²) in [5.41, 5.74) is 0. The van der Waals surface area contributed by atoms with Crippen LogP contribution in [0.3, 0.4) is 0 Å². The molecule has 1 aliphatic heterocycles. The molecule has 2 heterocycles. The van der Waals surface area contributed by atoms with Crippen LogP contribution in [0.15, 0.2) is 10.7 Å². The van der Waals surface area contributed by atoms with Gasteiger partial charge in [0.05, 0.1) is 0 Å². The molecule has 0 bridgehead atoms. The smallest absolute Gasteiger partial charge is 0.295 e. The van der Waals surface area contributed by atoms with Gasteiger partial charge in [-0.15, -0.1) is 0 Å². The van der Waals surface area contributed by atoms with Crippen LogP contribution in [0, 0.1) is 0 Å². The predicted octanol–water partition coefficient (Wildman–Crippen LogP) is -0.347. The lowest BCUT2D eigenvalue weighted by Gasteiger charge is -2.22. The molecule has 0 aliphatic carbocycles. The van der Waals surface area contributed by atoms with E-state index in [0.717, 1.165) is 13.1 Å². The maximum Gasteiger partial charge on any atom is 0.295 e. The zero-order valence-corrected chi connectivity index (χ0v) is 6.84. The van der Waals surface area contributed by atoms with Crippen molar-refractivity contribution in [1.29, 1.82) is 0 Å². The van der Waals surface area contributed by atoms with Gasteiger partial charge in [-0.2, -0.15) is 0 Å². The number of hydrogen-bond donors (Lipinski definition) is 2. The molecule has 5 nitrogen and oxygen atoms in total. The third-order valence-corrected chi connectivity index (χ3v) is 2.04. The van der Waals surface area contributed by atoms with Crippen LogP contribution in [-0.4, -0.2) is 24.4 Å². The summed E-state index contributed by atoms with van der Waals surface area (Å²) in [7, 11) is 0. The van der Waals surface area contributed by atoms with Crippen LogP contribution >= 0.6 is 0 Å². The van der Waals surface area contributed by atoms with Crippen LogP contribution in [0.1, 0.15) is 12.8 Å². The van der Waals surface area contributed by atoms with Gasteiger partial charge in [0.2, 0.25) is 0 Å². The van der Waals surface area contributed by atoms with Gasteiger partial charge >= 0.3 is 0 Å². The van der Waals surface area contributed by atoms with Gasteiger partial charge in [-0.3, -0.25) is 4.52 Å². The van der Waals surface area contributed by atoms with Gasteiger partial charge in [0, 0.05) is 12.6 Å². The van der Waals surface area contributed by atoms with Crippen molar-refractivity contribution < 1.29 is 9.62 Å². The Kier molecular flexibility index (Phi) is 2.22. The molecule has 1 aromatic rings. The Labute approximate surface area is 70.5 Å². The highest BCUT2D eigenvalue weighted by Gasteiger charge is 2.14. The number of H-pyrrole nitrogens is 1. The summed E-state index contributed by atoms with van der Waals surface area (Å²) < 4.78 is 4.89. The SMILES string of the molecule is c1[nH+]noc1NC1CCCNC1. The van der Waals surface area contributed by atoms with E-state index in [1.54, 1.807) is 6.20 Å². The van der Waals surface area contributed by atoms with Crippen molar-refractivity contribution in [1.82, 2.24) is 10.6 Å². The van der Waals surface area contributed by atoms with E-state index in [1.165, 1.54) is 12.8 Å². The minimum Gasteiger partial charge on any atom is -0.345 e. The Morgan fingerprint density at radius 1 is 1.75 bits per heavy atom. The molecule has 3 N–H and O–H groups in total. The zero-order chi connectivity index (χ0) is 8.23. The fraction of sp³-hybridized carbons (Fsp3) is 0.714. The molecule has 2 rings (SSSR count). The molecule has 66 valence electrons. The highest BCUT2D eigenvalue weighted by Crippen LogP contribution is 2.08. The number of hydrogen-bond acceptors (Lipinski definition) is 4.